The summed E-state index contributed by atoms with van der Waals surface area (Å²) in [7, 11) is 0. The number of benzene rings is 1. The second kappa shape index (κ2) is 6.88. The molecule has 0 N–H and O–H groups in total. The van der Waals surface area contributed by atoms with Gasteiger partial charge >= 0.3 is 0 Å². The molecular formula is C18H25F. The van der Waals surface area contributed by atoms with E-state index in [9.17, 15) is 4.39 Å². The van der Waals surface area contributed by atoms with Gasteiger partial charge in [0.25, 0.3) is 0 Å². The molecule has 2 rings (SSSR count). The second-order valence-electron chi connectivity index (χ2n) is 5.91. The van der Waals surface area contributed by atoms with Gasteiger partial charge in [0.15, 0.2) is 0 Å². The van der Waals surface area contributed by atoms with Gasteiger partial charge in [-0.25, -0.2) is 4.39 Å². The summed E-state index contributed by atoms with van der Waals surface area (Å²) < 4.78 is 14.0. The van der Waals surface area contributed by atoms with Crippen molar-refractivity contribution >= 4 is 0 Å². The van der Waals surface area contributed by atoms with Crippen molar-refractivity contribution in [3.63, 3.8) is 0 Å². The van der Waals surface area contributed by atoms with Crippen LogP contribution in [-0.4, -0.2) is 0 Å². The van der Waals surface area contributed by atoms with Gasteiger partial charge < -0.3 is 0 Å². The largest absolute Gasteiger partial charge is 0.207 e. The maximum Gasteiger partial charge on any atom is 0.126 e. The van der Waals surface area contributed by atoms with Crippen LogP contribution >= 0.6 is 0 Å². The molecule has 2 atom stereocenters. The second-order valence-corrected chi connectivity index (χ2v) is 5.91. The first kappa shape index (κ1) is 14.3. The first-order chi connectivity index (χ1) is 9.19. The highest BCUT2D eigenvalue weighted by molar-refractivity contribution is 5.24. The van der Waals surface area contributed by atoms with Crippen LogP contribution in [-0.2, 0) is 12.8 Å². The first-order valence-electron chi connectivity index (χ1n) is 7.64. The Balaban J connectivity index is 1.91. The van der Waals surface area contributed by atoms with Gasteiger partial charge in [0, 0.05) is 0 Å². The predicted molar refractivity (Wildman–Crippen MR) is 79.7 cm³/mol. The van der Waals surface area contributed by atoms with Crippen molar-refractivity contribution in [2.45, 2.75) is 52.4 Å². The minimum Gasteiger partial charge on any atom is -0.207 e. The molecule has 104 valence electrons. The van der Waals surface area contributed by atoms with Crippen LogP contribution in [0.25, 0.3) is 0 Å². The maximum absolute atomic E-state index is 14.0. The van der Waals surface area contributed by atoms with E-state index in [1.54, 1.807) is 6.07 Å². The molecule has 0 aromatic heterocycles. The van der Waals surface area contributed by atoms with Gasteiger partial charge in [0.1, 0.15) is 5.82 Å². The third kappa shape index (κ3) is 4.19. The van der Waals surface area contributed by atoms with Crippen LogP contribution in [0.3, 0.4) is 0 Å². The molecule has 0 nitrogen and oxygen atoms in total. The Morgan fingerprint density at radius 2 is 2.00 bits per heavy atom. The Morgan fingerprint density at radius 3 is 2.63 bits per heavy atom. The van der Waals surface area contributed by atoms with Crippen LogP contribution in [0.4, 0.5) is 4.39 Å². The van der Waals surface area contributed by atoms with Gasteiger partial charge in [-0.15, -0.1) is 0 Å². The van der Waals surface area contributed by atoms with Crippen molar-refractivity contribution in [1.82, 2.24) is 0 Å². The molecule has 0 amide bonds. The smallest absolute Gasteiger partial charge is 0.126 e. The molecule has 0 spiro atoms. The average Bonchev–Trinajstić information content (AvgIpc) is 2.40. The summed E-state index contributed by atoms with van der Waals surface area (Å²) in [6, 6.07) is 5.79. The Labute approximate surface area is 116 Å². The molecule has 0 radical (unpaired) electrons. The van der Waals surface area contributed by atoms with Crippen LogP contribution < -0.4 is 0 Å². The summed E-state index contributed by atoms with van der Waals surface area (Å²) in [5.74, 6) is 1.35. The van der Waals surface area contributed by atoms with Crippen LogP contribution in [0.15, 0.2) is 30.4 Å². The summed E-state index contributed by atoms with van der Waals surface area (Å²) in [4.78, 5) is 0. The van der Waals surface area contributed by atoms with E-state index in [4.69, 9.17) is 0 Å². The van der Waals surface area contributed by atoms with E-state index in [-0.39, 0.29) is 5.82 Å². The zero-order chi connectivity index (χ0) is 13.7. The maximum atomic E-state index is 14.0. The molecule has 0 aliphatic heterocycles. The van der Waals surface area contributed by atoms with E-state index in [1.807, 2.05) is 6.07 Å². The van der Waals surface area contributed by atoms with Crippen molar-refractivity contribution < 1.29 is 4.39 Å². The van der Waals surface area contributed by atoms with Crippen LogP contribution in [0.1, 0.15) is 50.7 Å². The van der Waals surface area contributed by atoms with Gasteiger partial charge in [0.05, 0.1) is 0 Å². The molecule has 0 bridgehead atoms. The number of allylic oxidation sites excluding steroid dienone is 2. The number of hydrogen-bond acceptors (Lipinski definition) is 0. The number of aryl methyl sites for hydroxylation is 2. The molecule has 0 fully saturated rings. The highest BCUT2D eigenvalue weighted by Crippen LogP contribution is 2.26. The third-order valence-electron chi connectivity index (χ3n) is 4.15. The Kier molecular flexibility index (Phi) is 5.18. The van der Waals surface area contributed by atoms with Crippen LogP contribution in [0.5, 0.6) is 0 Å². The lowest BCUT2D eigenvalue weighted by Gasteiger charge is -2.20. The topological polar surface area (TPSA) is 0 Å². The van der Waals surface area contributed by atoms with Gasteiger partial charge in [-0.3, -0.25) is 0 Å². The fraction of sp³-hybridized carbons (Fsp3) is 0.556. The van der Waals surface area contributed by atoms with Crippen LogP contribution in [0.2, 0.25) is 0 Å². The van der Waals surface area contributed by atoms with Crippen molar-refractivity contribution in [2.75, 3.05) is 0 Å². The molecule has 0 heterocycles. The zero-order valence-corrected chi connectivity index (χ0v) is 12.2. The standard InChI is InChI=1S/C18H25F/c1-3-4-16-10-12-17(18(19)13-16)11-9-15-7-5-14(2)6-8-15/h5,7,10,12-15H,3-4,6,8-9,11H2,1-2H3. The minimum absolute atomic E-state index is 0.0147. The highest BCUT2D eigenvalue weighted by Gasteiger charge is 2.13. The molecule has 1 aromatic carbocycles. The molecule has 0 saturated carbocycles. The molecule has 2 unspecified atom stereocenters. The lowest BCUT2D eigenvalue weighted by molar-refractivity contribution is 0.450. The van der Waals surface area contributed by atoms with Gasteiger partial charge in [-0.1, -0.05) is 44.6 Å². The average molecular weight is 260 g/mol. The SMILES string of the molecule is CCCc1ccc(CCC2C=CC(C)CC2)c(F)c1. The summed E-state index contributed by atoms with van der Waals surface area (Å²) >= 11 is 0. The number of hydrogen-bond donors (Lipinski definition) is 0. The number of rotatable bonds is 5. The van der Waals surface area contributed by atoms with Crippen LogP contribution in [0, 0.1) is 17.7 Å². The number of halogens is 1. The lowest BCUT2D eigenvalue weighted by atomic mass is 9.86. The minimum atomic E-state index is -0.0147. The van der Waals surface area contributed by atoms with Gasteiger partial charge in [-0.2, -0.15) is 0 Å². The summed E-state index contributed by atoms with van der Waals surface area (Å²) in [5, 5.41) is 0. The first-order valence-corrected chi connectivity index (χ1v) is 7.64. The third-order valence-corrected chi connectivity index (χ3v) is 4.15. The van der Waals surface area contributed by atoms with Crippen molar-refractivity contribution in [3.8, 4) is 0 Å². The van der Waals surface area contributed by atoms with Crippen molar-refractivity contribution in [1.29, 1.82) is 0 Å². The molecule has 19 heavy (non-hydrogen) atoms. The summed E-state index contributed by atoms with van der Waals surface area (Å²) in [6.07, 6.45) is 11.2. The normalized spacial score (nSPS) is 22.7. The van der Waals surface area contributed by atoms with Gasteiger partial charge in [0.2, 0.25) is 0 Å². The Morgan fingerprint density at radius 1 is 1.16 bits per heavy atom. The highest BCUT2D eigenvalue weighted by atomic mass is 19.1. The van der Waals surface area contributed by atoms with E-state index in [0.717, 1.165) is 42.7 Å². The Bertz CT molecular complexity index is 433. The van der Waals surface area contributed by atoms with Gasteiger partial charge in [-0.05, 0) is 61.1 Å². The monoisotopic (exact) mass is 260 g/mol. The van der Waals surface area contributed by atoms with E-state index in [2.05, 4.69) is 32.1 Å². The van der Waals surface area contributed by atoms with E-state index < -0.39 is 0 Å². The molecule has 1 heteroatoms. The fourth-order valence-electron chi connectivity index (χ4n) is 2.84. The molecule has 1 aliphatic carbocycles. The van der Waals surface area contributed by atoms with E-state index in [1.165, 1.54) is 12.8 Å². The summed E-state index contributed by atoms with van der Waals surface area (Å²) in [5.41, 5.74) is 2.00. The van der Waals surface area contributed by atoms with E-state index in [0.29, 0.717) is 5.92 Å². The molecule has 1 aromatic rings. The van der Waals surface area contributed by atoms with Crippen molar-refractivity contribution in [2.24, 2.45) is 11.8 Å². The van der Waals surface area contributed by atoms with Crippen molar-refractivity contribution in [3.05, 3.63) is 47.3 Å². The quantitative estimate of drug-likeness (QED) is 0.629. The predicted octanol–water partition coefficient (Wildman–Crippen LogP) is 5.31. The molecular weight excluding hydrogens is 235 g/mol. The van der Waals surface area contributed by atoms with E-state index >= 15 is 0 Å². The molecule has 1 aliphatic rings. The lowest BCUT2D eigenvalue weighted by Crippen LogP contribution is -2.07. The fourth-order valence-corrected chi connectivity index (χ4v) is 2.84. The molecule has 0 saturated heterocycles. The zero-order valence-electron chi connectivity index (χ0n) is 12.2. The Hall–Kier alpha value is -1.11. The summed E-state index contributed by atoms with van der Waals surface area (Å²) in [6.45, 7) is 4.39.